The van der Waals surface area contributed by atoms with Crippen LogP contribution < -0.4 is 5.32 Å². The molecular formula is C10H18N4O3. The van der Waals surface area contributed by atoms with E-state index in [1.165, 1.54) is 0 Å². The van der Waals surface area contributed by atoms with Gasteiger partial charge >= 0.3 is 6.09 Å². The number of aliphatic hydroxyl groups excluding tert-OH is 1. The summed E-state index contributed by atoms with van der Waals surface area (Å²) in [7, 11) is 0. The van der Waals surface area contributed by atoms with Crippen molar-refractivity contribution in [3.05, 3.63) is 11.6 Å². The summed E-state index contributed by atoms with van der Waals surface area (Å²) in [4.78, 5) is 15.3. The van der Waals surface area contributed by atoms with Crippen LogP contribution in [0, 0.1) is 0 Å². The molecule has 0 radical (unpaired) electrons. The van der Waals surface area contributed by atoms with Crippen molar-refractivity contribution >= 4 is 6.09 Å². The fourth-order valence-corrected chi connectivity index (χ4v) is 1.05. The van der Waals surface area contributed by atoms with Crippen LogP contribution in [0.1, 0.15) is 45.4 Å². The highest BCUT2D eigenvalue weighted by Gasteiger charge is 2.16. The summed E-state index contributed by atoms with van der Waals surface area (Å²) in [6, 6.07) is 0. The minimum Gasteiger partial charge on any atom is -0.444 e. The highest BCUT2D eigenvalue weighted by atomic mass is 16.6. The summed E-state index contributed by atoms with van der Waals surface area (Å²) in [6.07, 6.45) is -1.26. The van der Waals surface area contributed by atoms with E-state index in [1.54, 1.807) is 27.7 Å². The first kappa shape index (κ1) is 13.4. The van der Waals surface area contributed by atoms with Gasteiger partial charge in [0.25, 0.3) is 0 Å². The highest BCUT2D eigenvalue weighted by Crippen LogP contribution is 2.07. The van der Waals surface area contributed by atoms with Crippen LogP contribution in [0.4, 0.5) is 4.79 Å². The fourth-order valence-electron chi connectivity index (χ4n) is 1.05. The molecule has 3 N–H and O–H groups in total. The SMILES string of the molecule is C[C@H](O)c1n[nH]c(CNC(=O)OC(C)(C)C)n1. The third kappa shape index (κ3) is 4.81. The summed E-state index contributed by atoms with van der Waals surface area (Å²) in [5, 5.41) is 18.1. The van der Waals surface area contributed by atoms with Gasteiger partial charge in [0, 0.05) is 0 Å². The average molecular weight is 242 g/mol. The predicted molar refractivity (Wildman–Crippen MR) is 60.1 cm³/mol. The van der Waals surface area contributed by atoms with E-state index < -0.39 is 17.8 Å². The van der Waals surface area contributed by atoms with Gasteiger partial charge in [-0.2, -0.15) is 5.10 Å². The Morgan fingerprint density at radius 3 is 2.71 bits per heavy atom. The largest absolute Gasteiger partial charge is 0.444 e. The first-order valence-corrected chi connectivity index (χ1v) is 5.34. The quantitative estimate of drug-likeness (QED) is 0.730. The predicted octanol–water partition coefficient (Wildman–Crippen LogP) is 0.883. The summed E-state index contributed by atoms with van der Waals surface area (Å²) >= 11 is 0. The molecule has 0 spiro atoms. The van der Waals surface area contributed by atoms with Gasteiger partial charge in [-0.3, -0.25) is 5.10 Å². The molecule has 0 aliphatic heterocycles. The molecule has 1 amide bonds. The van der Waals surface area contributed by atoms with Crippen molar-refractivity contribution in [2.45, 2.75) is 45.9 Å². The second-order valence-electron chi connectivity index (χ2n) is 4.67. The number of amides is 1. The molecule has 0 fully saturated rings. The van der Waals surface area contributed by atoms with Gasteiger partial charge in [-0.1, -0.05) is 0 Å². The molecule has 1 aromatic rings. The summed E-state index contributed by atoms with van der Waals surface area (Å²) < 4.78 is 5.05. The van der Waals surface area contributed by atoms with Gasteiger partial charge in [0.05, 0.1) is 6.54 Å². The normalized spacial score (nSPS) is 13.2. The molecule has 0 bridgehead atoms. The Morgan fingerprint density at radius 1 is 1.59 bits per heavy atom. The number of hydrogen-bond acceptors (Lipinski definition) is 5. The maximum atomic E-state index is 11.3. The number of ether oxygens (including phenoxy) is 1. The van der Waals surface area contributed by atoms with E-state index >= 15 is 0 Å². The van der Waals surface area contributed by atoms with Crippen LogP contribution >= 0.6 is 0 Å². The van der Waals surface area contributed by atoms with Gasteiger partial charge in [0.1, 0.15) is 17.5 Å². The van der Waals surface area contributed by atoms with E-state index in [1.807, 2.05) is 0 Å². The van der Waals surface area contributed by atoms with Crippen LogP contribution in [-0.4, -0.2) is 32.0 Å². The van der Waals surface area contributed by atoms with Crippen molar-refractivity contribution in [3.8, 4) is 0 Å². The Hall–Kier alpha value is -1.63. The number of carbonyl (C=O) groups is 1. The number of H-pyrrole nitrogens is 1. The van der Waals surface area contributed by atoms with E-state index in [2.05, 4.69) is 20.5 Å². The second kappa shape index (κ2) is 5.13. The molecule has 1 rings (SSSR count). The third-order valence-electron chi connectivity index (χ3n) is 1.72. The number of alkyl carbamates (subject to hydrolysis) is 1. The lowest BCUT2D eigenvalue weighted by Gasteiger charge is -2.19. The maximum absolute atomic E-state index is 11.3. The van der Waals surface area contributed by atoms with Gasteiger partial charge in [-0.15, -0.1) is 0 Å². The number of nitrogens with zero attached hydrogens (tertiary/aromatic N) is 2. The molecule has 0 unspecified atom stereocenters. The highest BCUT2D eigenvalue weighted by molar-refractivity contribution is 5.67. The van der Waals surface area contributed by atoms with Crippen molar-refractivity contribution in [1.82, 2.24) is 20.5 Å². The number of nitrogens with one attached hydrogen (secondary N) is 2. The van der Waals surface area contributed by atoms with Gasteiger partial charge in [0.2, 0.25) is 0 Å². The summed E-state index contributed by atoms with van der Waals surface area (Å²) in [5.41, 5.74) is -0.531. The number of hydrogen-bond donors (Lipinski definition) is 3. The fraction of sp³-hybridized carbons (Fsp3) is 0.700. The molecular weight excluding hydrogens is 224 g/mol. The molecule has 17 heavy (non-hydrogen) atoms. The molecule has 7 heteroatoms. The van der Waals surface area contributed by atoms with Crippen LogP contribution in [0.5, 0.6) is 0 Å². The molecule has 0 aromatic carbocycles. The molecule has 1 heterocycles. The van der Waals surface area contributed by atoms with Gasteiger partial charge in [-0.25, -0.2) is 9.78 Å². The zero-order valence-corrected chi connectivity index (χ0v) is 10.4. The molecule has 0 saturated heterocycles. The Balaban J connectivity index is 2.42. The van der Waals surface area contributed by atoms with Gasteiger partial charge in [0.15, 0.2) is 5.82 Å². The van der Waals surface area contributed by atoms with Crippen LogP contribution in [0.3, 0.4) is 0 Å². The van der Waals surface area contributed by atoms with E-state index in [0.29, 0.717) is 11.6 Å². The van der Waals surface area contributed by atoms with Crippen LogP contribution in [0.15, 0.2) is 0 Å². The monoisotopic (exact) mass is 242 g/mol. The average Bonchev–Trinajstić information content (AvgIpc) is 2.60. The first-order chi connectivity index (χ1) is 7.78. The molecule has 1 aromatic heterocycles. The molecule has 96 valence electrons. The lowest BCUT2D eigenvalue weighted by atomic mass is 10.2. The zero-order valence-electron chi connectivity index (χ0n) is 10.4. The van der Waals surface area contributed by atoms with E-state index in [4.69, 9.17) is 4.74 Å². The number of aliphatic hydroxyl groups is 1. The first-order valence-electron chi connectivity index (χ1n) is 5.34. The third-order valence-corrected chi connectivity index (χ3v) is 1.72. The number of rotatable bonds is 3. The lowest BCUT2D eigenvalue weighted by Crippen LogP contribution is -2.32. The smallest absolute Gasteiger partial charge is 0.408 e. The zero-order chi connectivity index (χ0) is 13.1. The minimum absolute atomic E-state index is 0.175. The Kier molecular flexibility index (Phi) is 4.06. The number of aromatic amines is 1. The van der Waals surface area contributed by atoms with Crippen molar-refractivity contribution in [2.24, 2.45) is 0 Å². The standard InChI is InChI=1S/C10H18N4O3/c1-6(15)8-12-7(13-14-8)5-11-9(16)17-10(2,3)4/h6,15H,5H2,1-4H3,(H,11,16)(H,12,13,14)/t6-/m0/s1. The van der Waals surface area contributed by atoms with Crippen molar-refractivity contribution in [2.75, 3.05) is 0 Å². The Morgan fingerprint density at radius 2 is 2.24 bits per heavy atom. The molecule has 0 saturated carbocycles. The topological polar surface area (TPSA) is 100 Å². The maximum Gasteiger partial charge on any atom is 0.408 e. The van der Waals surface area contributed by atoms with Crippen molar-refractivity contribution in [1.29, 1.82) is 0 Å². The van der Waals surface area contributed by atoms with E-state index in [0.717, 1.165) is 0 Å². The Labute approximate surface area is 99.6 Å². The lowest BCUT2D eigenvalue weighted by molar-refractivity contribution is 0.0522. The van der Waals surface area contributed by atoms with Crippen LogP contribution in [0.25, 0.3) is 0 Å². The molecule has 1 atom stereocenters. The number of aromatic nitrogens is 3. The van der Waals surface area contributed by atoms with E-state index in [-0.39, 0.29) is 6.54 Å². The van der Waals surface area contributed by atoms with Crippen molar-refractivity contribution in [3.63, 3.8) is 0 Å². The molecule has 7 nitrogen and oxygen atoms in total. The van der Waals surface area contributed by atoms with Gasteiger partial charge in [-0.05, 0) is 27.7 Å². The van der Waals surface area contributed by atoms with Crippen LogP contribution in [-0.2, 0) is 11.3 Å². The summed E-state index contributed by atoms with van der Waals surface area (Å²) in [6.45, 7) is 7.09. The van der Waals surface area contributed by atoms with Gasteiger partial charge < -0.3 is 15.2 Å². The molecule has 0 aliphatic carbocycles. The number of carbonyl (C=O) groups excluding carboxylic acids is 1. The minimum atomic E-state index is -0.735. The van der Waals surface area contributed by atoms with Crippen molar-refractivity contribution < 1.29 is 14.6 Å². The second-order valence-corrected chi connectivity index (χ2v) is 4.67. The van der Waals surface area contributed by atoms with Crippen LogP contribution in [0.2, 0.25) is 0 Å². The molecule has 0 aliphatic rings. The summed E-state index contributed by atoms with van der Waals surface area (Å²) in [5.74, 6) is 0.762. The Bertz CT molecular complexity index is 381. The van der Waals surface area contributed by atoms with E-state index in [9.17, 15) is 9.90 Å².